The highest BCUT2D eigenvalue weighted by Gasteiger charge is 2.32. The Morgan fingerprint density at radius 2 is 1.95 bits per heavy atom. The molecule has 0 radical (unpaired) electrons. The summed E-state index contributed by atoms with van der Waals surface area (Å²) in [6.07, 6.45) is -4.01. The quantitative estimate of drug-likeness (QED) is 0.902. The van der Waals surface area contributed by atoms with E-state index >= 15 is 0 Å². The molecule has 0 heterocycles. The molecule has 1 aromatic rings. The van der Waals surface area contributed by atoms with Crippen LogP contribution in [0.1, 0.15) is 18.9 Å². The van der Waals surface area contributed by atoms with Gasteiger partial charge in [0.2, 0.25) is 0 Å². The zero-order valence-corrected chi connectivity index (χ0v) is 12.4. The molecule has 0 spiro atoms. The maximum atomic E-state index is 12.6. The molecule has 4 nitrogen and oxygen atoms in total. The van der Waals surface area contributed by atoms with Gasteiger partial charge >= 0.3 is 16.4 Å². The number of rotatable bonds is 5. The number of hydrogen-bond acceptors (Lipinski definition) is 2. The van der Waals surface area contributed by atoms with Crippen molar-refractivity contribution >= 4 is 27.5 Å². The van der Waals surface area contributed by atoms with Crippen molar-refractivity contribution in [1.82, 2.24) is 4.72 Å². The Labute approximate surface area is 120 Å². The number of hydrogen-bond donors (Lipinski definition) is 1. The Hall–Kier alpha value is -0.990. The molecule has 0 aliphatic carbocycles. The van der Waals surface area contributed by atoms with Crippen LogP contribution in [0, 0.1) is 0 Å². The smallest absolute Gasteiger partial charge is 0.259 e. The largest absolute Gasteiger partial charge is 0.416 e. The molecule has 0 unspecified atom stereocenters. The molecule has 0 saturated heterocycles. The fourth-order valence-corrected chi connectivity index (χ4v) is 2.75. The molecule has 1 N–H and O–H groups in total. The number of nitrogens with zero attached hydrogens (tertiary/aromatic N) is 1. The Morgan fingerprint density at radius 1 is 1.35 bits per heavy atom. The van der Waals surface area contributed by atoms with Gasteiger partial charge in [0.25, 0.3) is 0 Å². The predicted molar refractivity (Wildman–Crippen MR) is 72.1 cm³/mol. The van der Waals surface area contributed by atoms with E-state index in [9.17, 15) is 21.6 Å². The molecule has 0 fully saturated rings. The van der Waals surface area contributed by atoms with Crippen LogP contribution in [0.15, 0.2) is 18.2 Å². The average Bonchev–Trinajstić information content (AvgIpc) is 2.34. The van der Waals surface area contributed by atoms with Gasteiger partial charge in [-0.25, -0.2) is 0 Å². The van der Waals surface area contributed by atoms with Gasteiger partial charge in [0.05, 0.1) is 16.3 Å². The SMILES string of the molecule is CCCNS(=O)(=O)N(C)c1cc(C(F)(F)F)ccc1Cl. The second-order valence-electron chi connectivity index (χ2n) is 4.03. The number of benzene rings is 1. The number of alkyl halides is 3. The van der Waals surface area contributed by atoms with Crippen LogP contribution in [0.3, 0.4) is 0 Å². The Kier molecular flexibility index (Phi) is 5.28. The number of anilines is 1. The molecule has 114 valence electrons. The lowest BCUT2D eigenvalue weighted by Crippen LogP contribution is -2.38. The van der Waals surface area contributed by atoms with E-state index in [1.165, 1.54) is 0 Å². The van der Waals surface area contributed by atoms with Crippen molar-refractivity contribution in [3.8, 4) is 0 Å². The van der Waals surface area contributed by atoms with Gasteiger partial charge in [0, 0.05) is 13.6 Å². The molecule has 1 rings (SSSR count). The molecule has 0 saturated carbocycles. The van der Waals surface area contributed by atoms with Gasteiger partial charge in [0.15, 0.2) is 0 Å². The van der Waals surface area contributed by atoms with E-state index < -0.39 is 21.9 Å². The average molecular weight is 331 g/mol. The molecule has 0 bridgehead atoms. The summed E-state index contributed by atoms with van der Waals surface area (Å²) in [4.78, 5) is 0. The standard InChI is InChI=1S/C11H14ClF3N2O2S/c1-3-6-16-20(18,19)17(2)10-7-8(11(13,14)15)4-5-9(10)12/h4-5,7,16H,3,6H2,1-2H3. The Bertz CT molecular complexity index is 576. The molecule has 0 amide bonds. The van der Waals surface area contributed by atoms with Gasteiger partial charge in [0.1, 0.15) is 0 Å². The van der Waals surface area contributed by atoms with E-state index in [0.717, 1.165) is 19.2 Å². The van der Waals surface area contributed by atoms with E-state index in [0.29, 0.717) is 16.8 Å². The van der Waals surface area contributed by atoms with Crippen molar-refractivity contribution in [2.45, 2.75) is 19.5 Å². The van der Waals surface area contributed by atoms with Crippen molar-refractivity contribution in [2.75, 3.05) is 17.9 Å². The minimum atomic E-state index is -4.57. The molecule has 1 aromatic carbocycles. The van der Waals surface area contributed by atoms with Crippen molar-refractivity contribution in [3.05, 3.63) is 28.8 Å². The van der Waals surface area contributed by atoms with E-state index in [-0.39, 0.29) is 17.3 Å². The first-order chi connectivity index (χ1) is 9.09. The normalized spacial score (nSPS) is 12.5. The summed E-state index contributed by atoms with van der Waals surface area (Å²) in [5, 5.41) is -0.0811. The lowest BCUT2D eigenvalue weighted by molar-refractivity contribution is -0.137. The molecule has 0 aromatic heterocycles. The highest BCUT2D eigenvalue weighted by Crippen LogP contribution is 2.35. The third-order valence-electron chi connectivity index (χ3n) is 2.51. The second-order valence-corrected chi connectivity index (χ2v) is 6.22. The van der Waals surface area contributed by atoms with E-state index in [2.05, 4.69) is 4.72 Å². The lowest BCUT2D eigenvalue weighted by atomic mass is 10.2. The molecule has 0 aliphatic heterocycles. The maximum Gasteiger partial charge on any atom is 0.416 e. The van der Waals surface area contributed by atoms with E-state index in [4.69, 9.17) is 11.6 Å². The first-order valence-electron chi connectivity index (χ1n) is 5.70. The van der Waals surface area contributed by atoms with Crippen LogP contribution in [0.25, 0.3) is 0 Å². The first-order valence-corrected chi connectivity index (χ1v) is 7.51. The molecule has 20 heavy (non-hydrogen) atoms. The molecule has 0 atom stereocenters. The zero-order valence-electron chi connectivity index (χ0n) is 10.8. The van der Waals surface area contributed by atoms with Gasteiger partial charge in [-0.1, -0.05) is 18.5 Å². The van der Waals surface area contributed by atoms with E-state index in [1.54, 1.807) is 6.92 Å². The molecule has 9 heteroatoms. The van der Waals surface area contributed by atoms with Crippen LogP contribution in [-0.2, 0) is 16.4 Å². The lowest BCUT2D eigenvalue weighted by Gasteiger charge is -2.22. The molecular formula is C11H14ClF3N2O2S. The minimum absolute atomic E-state index is 0.0811. The van der Waals surface area contributed by atoms with Crippen molar-refractivity contribution < 1.29 is 21.6 Å². The van der Waals surface area contributed by atoms with Crippen molar-refractivity contribution in [1.29, 1.82) is 0 Å². The van der Waals surface area contributed by atoms with Crippen LogP contribution in [0.4, 0.5) is 18.9 Å². The Balaban J connectivity index is 3.19. The van der Waals surface area contributed by atoms with Crippen LogP contribution < -0.4 is 9.03 Å². The summed E-state index contributed by atoms with van der Waals surface area (Å²) >= 11 is 5.78. The third kappa shape index (κ3) is 4.00. The highest BCUT2D eigenvalue weighted by molar-refractivity contribution is 7.90. The fraction of sp³-hybridized carbons (Fsp3) is 0.455. The van der Waals surface area contributed by atoms with Gasteiger partial charge in [-0.3, -0.25) is 4.31 Å². The summed E-state index contributed by atoms with van der Waals surface area (Å²) in [7, 11) is -2.79. The van der Waals surface area contributed by atoms with Crippen molar-refractivity contribution in [2.24, 2.45) is 0 Å². The van der Waals surface area contributed by atoms with Crippen molar-refractivity contribution in [3.63, 3.8) is 0 Å². The number of halogens is 4. The van der Waals surface area contributed by atoms with Crippen LogP contribution in [0.2, 0.25) is 5.02 Å². The first kappa shape index (κ1) is 17.1. The highest BCUT2D eigenvalue weighted by atomic mass is 35.5. The van der Waals surface area contributed by atoms with Gasteiger partial charge in [-0.05, 0) is 24.6 Å². The summed E-state index contributed by atoms with van der Waals surface area (Å²) in [5.41, 5.74) is -1.19. The summed E-state index contributed by atoms with van der Waals surface area (Å²) in [5.74, 6) is 0. The summed E-state index contributed by atoms with van der Waals surface area (Å²) in [6.45, 7) is 1.95. The van der Waals surface area contributed by atoms with Gasteiger partial charge in [-0.15, -0.1) is 0 Å². The molecule has 0 aliphatic rings. The number of nitrogens with one attached hydrogen (secondary N) is 1. The van der Waals surface area contributed by atoms with Gasteiger partial charge < -0.3 is 0 Å². The topological polar surface area (TPSA) is 49.4 Å². The predicted octanol–water partition coefficient (Wildman–Crippen LogP) is 3.04. The minimum Gasteiger partial charge on any atom is -0.259 e. The Morgan fingerprint density at radius 3 is 2.45 bits per heavy atom. The third-order valence-corrected chi connectivity index (χ3v) is 4.31. The van der Waals surface area contributed by atoms with E-state index in [1.807, 2.05) is 0 Å². The van der Waals surface area contributed by atoms with Crippen LogP contribution in [0.5, 0.6) is 0 Å². The van der Waals surface area contributed by atoms with Crippen LogP contribution in [-0.4, -0.2) is 22.0 Å². The maximum absolute atomic E-state index is 12.6. The van der Waals surface area contributed by atoms with Gasteiger partial charge in [-0.2, -0.15) is 26.3 Å². The fourth-order valence-electron chi connectivity index (χ4n) is 1.39. The summed E-state index contributed by atoms with van der Waals surface area (Å²) < 4.78 is 64.6. The van der Waals surface area contributed by atoms with Crippen LogP contribution >= 0.6 is 11.6 Å². The second kappa shape index (κ2) is 6.19. The monoisotopic (exact) mass is 330 g/mol. The zero-order chi connectivity index (χ0) is 15.6. The summed E-state index contributed by atoms with van der Waals surface area (Å²) in [6, 6.07) is 2.52. The molecular weight excluding hydrogens is 317 g/mol.